The van der Waals surface area contributed by atoms with E-state index in [2.05, 4.69) is 21.3 Å². The molecule has 1 rings (SSSR count). The summed E-state index contributed by atoms with van der Waals surface area (Å²) in [6.07, 6.45) is 0. The van der Waals surface area contributed by atoms with Crippen LogP contribution in [0.1, 0.15) is 19.4 Å². The van der Waals surface area contributed by atoms with Crippen molar-refractivity contribution in [1.29, 1.82) is 0 Å². The van der Waals surface area contributed by atoms with Crippen molar-refractivity contribution < 1.29 is 13.5 Å². The molecule has 0 aliphatic heterocycles. The summed E-state index contributed by atoms with van der Waals surface area (Å²) in [5.74, 6) is 5.17. The number of hydrogen-bond donors (Lipinski definition) is 3. The molecule has 0 unspecified atom stereocenters. The molecule has 0 saturated heterocycles. The Bertz CT molecular complexity index is 556. The first kappa shape index (κ1) is 14.5. The fourth-order valence-electron chi connectivity index (χ4n) is 1.30. The molecule has 0 atom stereocenters. The molecule has 0 aromatic heterocycles. The third-order valence-electron chi connectivity index (χ3n) is 1.86. The van der Waals surface area contributed by atoms with Crippen molar-refractivity contribution in [2.75, 3.05) is 11.3 Å². The van der Waals surface area contributed by atoms with Crippen LogP contribution in [0.4, 0.5) is 5.69 Å². The van der Waals surface area contributed by atoms with Gasteiger partial charge in [-0.15, -0.1) is 0 Å². The number of benzene rings is 1. The van der Waals surface area contributed by atoms with Crippen LogP contribution in [0.3, 0.4) is 0 Å². The van der Waals surface area contributed by atoms with E-state index in [1.807, 2.05) is 0 Å². The molecular weight excluding hydrogens is 252 g/mol. The maximum Gasteiger partial charge on any atom is 0.299 e. The Morgan fingerprint density at radius 3 is 2.61 bits per heavy atom. The molecule has 0 fully saturated rings. The van der Waals surface area contributed by atoms with E-state index in [0.717, 1.165) is 0 Å². The Morgan fingerprint density at radius 1 is 1.33 bits per heavy atom. The largest absolute Gasteiger partial charge is 0.384 e. The van der Waals surface area contributed by atoms with Gasteiger partial charge >= 0.3 is 0 Å². The molecule has 0 aliphatic carbocycles. The van der Waals surface area contributed by atoms with Crippen LogP contribution in [0.25, 0.3) is 0 Å². The molecular formula is C12H16N2O3S. The molecule has 0 heterocycles. The number of hydrogen-bond acceptors (Lipinski definition) is 3. The van der Waals surface area contributed by atoms with Crippen LogP contribution in [-0.4, -0.2) is 26.2 Å². The highest BCUT2D eigenvalue weighted by atomic mass is 32.2. The molecule has 0 amide bonds. The van der Waals surface area contributed by atoms with Crippen molar-refractivity contribution in [2.24, 2.45) is 0 Å². The lowest BCUT2D eigenvalue weighted by molar-refractivity contribution is 0.350. The van der Waals surface area contributed by atoms with E-state index in [4.69, 9.17) is 5.11 Å². The van der Waals surface area contributed by atoms with Gasteiger partial charge in [-0.3, -0.25) is 4.72 Å². The zero-order valence-electron chi connectivity index (χ0n) is 10.3. The zero-order chi connectivity index (χ0) is 13.6. The summed E-state index contributed by atoms with van der Waals surface area (Å²) in [7, 11) is -3.61. The van der Waals surface area contributed by atoms with Crippen molar-refractivity contribution in [3.63, 3.8) is 0 Å². The molecule has 18 heavy (non-hydrogen) atoms. The minimum Gasteiger partial charge on any atom is -0.384 e. The number of rotatable bonds is 4. The van der Waals surface area contributed by atoms with Gasteiger partial charge in [-0.05, 0) is 26.0 Å². The second kappa shape index (κ2) is 6.40. The summed E-state index contributed by atoms with van der Waals surface area (Å²) in [6.45, 7) is 3.19. The Morgan fingerprint density at radius 2 is 2.00 bits per heavy atom. The van der Waals surface area contributed by atoms with Crippen molar-refractivity contribution >= 4 is 15.9 Å². The SMILES string of the molecule is CC(C)NS(=O)(=O)Nc1ccccc1C#CCO. The second-order valence-electron chi connectivity index (χ2n) is 3.88. The van der Waals surface area contributed by atoms with Crippen LogP contribution in [0.2, 0.25) is 0 Å². The molecule has 1 aromatic rings. The number of anilines is 1. The van der Waals surface area contributed by atoms with Crippen LogP contribution >= 0.6 is 0 Å². The van der Waals surface area contributed by atoms with E-state index in [9.17, 15) is 8.42 Å². The van der Waals surface area contributed by atoms with E-state index < -0.39 is 10.2 Å². The summed E-state index contributed by atoms with van der Waals surface area (Å²) in [6, 6.07) is 6.54. The molecule has 0 spiro atoms. The van der Waals surface area contributed by atoms with Crippen molar-refractivity contribution in [1.82, 2.24) is 4.72 Å². The number of aliphatic hydroxyl groups excluding tert-OH is 1. The van der Waals surface area contributed by atoms with Crippen molar-refractivity contribution in [3.8, 4) is 11.8 Å². The monoisotopic (exact) mass is 268 g/mol. The normalized spacial score (nSPS) is 10.9. The second-order valence-corrected chi connectivity index (χ2v) is 5.33. The molecule has 6 heteroatoms. The molecule has 1 aromatic carbocycles. The molecule has 0 bridgehead atoms. The van der Waals surface area contributed by atoms with E-state index in [-0.39, 0.29) is 12.6 Å². The van der Waals surface area contributed by atoms with Crippen LogP contribution in [-0.2, 0) is 10.2 Å². The first-order chi connectivity index (χ1) is 8.44. The lowest BCUT2D eigenvalue weighted by Gasteiger charge is -2.12. The third kappa shape index (κ3) is 4.75. The van der Waals surface area contributed by atoms with E-state index in [1.165, 1.54) is 0 Å². The standard InChI is InChI=1S/C12H16N2O3S/c1-10(2)13-18(16,17)14-12-8-4-3-6-11(12)7-5-9-15/h3-4,6,8,10,13-15H,9H2,1-2H3. The van der Waals surface area contributed by atoms with Crippen molar-refractivity contribution in [2.45, 2.75) is 19.9 Å². The minimum atomic E-state index is -3.61. The smallest absolute Gasteiger partial charge is 0.299 e. The number of para-hydroxylation sites is 1. The quantitative estimate of drug-likeness (QED) is 0.703. The van der Waals surface area contributed by atoms with Gasteiger partial charge in [-0.1, -0.05) is 24.0 Å². The molecule has 98 valence electrons. The predicted molar refractivity (Wildman–Crippen MR) is 71.2 cm³/mol. The Labute approximate surface area is 107 Å². The van der Waals surface area contributed by atoms with Gasteiger partial charge in [-0.25, -0.2) is 0 Å². The topological polar surface area (TPSA) is 78.4 Å². The number of nitrogens with one attached hydrogen (secondary N) is 2. The zero-order valence-corrected chi connectivity index (χ0v) is 11.1. The summed E-state index contributed by atoms with van der Waals surface area (Å²) in [5.41, 5.74) is 0.896. The highest BCUT2D eigenvalue weighted by Crippen LogP contribution is 2.14. The summed E-state index contributed by atoms with van der Waals surface area (Å²) in [5, 5.41) is 8.65. The highest BCUT2D eigenvalue weighted by Gasteiger charge is 2.12. The average molecular weight is 268 g/mol. The minimum absolute atomic E-state index is 0.196. The van der Waals surface area contributed by atoms with Crippen LogP contribution in [0.5, 0.6) is 0 Å². The van der Waals surface area contributed by atoms with Gasteiger partial charge in [0.25, 0.3) is 10.2 Å². The van der Waals surface area contributed by atoms with Crippen molar-refractivity contribution in [3.05, 3.63) is 29.8 Å². The van der Waals surface area contributed by atoms with Crippen LogP contribution < -0.4 is 9.44 Å². The van der Waals surface area contributed by atoms with Gasteiger partial charge in [0, 0.05) is 11.6 Å². The molecule has 0 aliphatic rings. The highest BCUT2D eigenvalue weighted by molar-refractivity contribution is 7.90. The molecule has 0 radical (unpaired) electrons. The molecule has 0 saturated carbocycles. The van der Waals surface area contributed by atoms with Gasteiger partial charge in [0.15, 0.2) is 0 Å². The van der Waals surface area contributed by atoms with E-state index in [1.54, 1.807) is 38.1 Å². The Balaban J connectivity index is 2.97. The maximum absolute atomic E-state index is 11.7. The molecule has 5 nitrogen and oxygen atoms in total. The lowest BCUT2D eigenvalue weighted by Crippen LogP contribution is -2.35. The summed E-state index contributed by atoms with van der Waals surface area (Å²) in [4.78, 5) is 0. The van der Waals surface area contributed by atoms with Crippen LogP contribution in [0, 0.1) is 11.8 Å². The Hall–Kier alpha value is -1.55. The van der Waals surface area contributed by atoms with Gasteiger partial charge in [0.2, 0.25) is 0 Å². The van der Waals surface area contributed by atoms with Gasteiger partial charge < -0.3 is 5.11 Å². The number of aliphatic hydroxyl groups is 1. The first-order valence-corrected chi connectivity index (χ1v) is 6.92. The first-order valence-electron chi connectivity index (χ1n) is 5.43. The lowest BCUT2D eigenvalue weighted by atomic mass is 10.2. The van der Waals surface area contributed by atoms with Gasteiger partial charge in [0.1, 0.15) is 6.61 Å². The van der Waals surface area contributed by atoms with Gasteiger partial charge in [-0.2, -0.15) is 13.1 Å². The molecule has 3 N–H and O–H groups in total. The summed E-state index contributed by atoms with van der Waals surface area (Å²) < 4.78 is 28.3. The summed E-state index contributed by atoms with van der Waals surface area (Å²) >= 11 is 0. The fourth-order valence-corrected chi connectivity index (χ4v) is 2.45. The van der Waals surface area contributed by atoms with Crippen LogP contribution in [0.15, 0.2) is 24.3 Å². The predicted octanol–water partition coefficient (Wildman–Crippen LogP) is 0.685. The average Bonchev–Trinajstić information content (AvgIpc) is 2.25. The fraction of sp³-hybridized carbons (Fsp3) is 0.333. The third-order valence-corrected chi connectivity index (χ3v) is 3.13. The Kier molecular flexibility index (Phi) is 5.16. The van der Waals surface area contributed by atoms with Gasteiger partial charge in [0.05, 0.1) is 5.69 Å². The van der Waals surface area contributed by atoms with E-state index in [0.29, 0.717) is 11.3 Å². The van der Waals surface area contributed by atoms with E-state index >= 15 is 0 Å². The maximum atomic E-state index is 11.7.